The minimum Gasteiger partial charge on any atom is -0.481 e. The number of benzene rings is 1. The molecule has 1 aromatic rings. The molecule has 1 atom stereocenters. The number of aliphatic carboxylic acids is 1. The molecule has 0 fully saturated rings. The Morgan fingerprint density at radius 2 is 1.86 bits per heavy atom. The van der Waals surface area contributed by atoms with E-state index < -0.39 is 11.9 Å². The third-order valence-corrected chi connectivity index (χ3v) is 3.95. The fraction of sp³-hybridized carbons (Fsp3) is 0.118. The molecule has 2 aliphatic rings. The van der Waals surface area contributed by atoms with Gasteiger partial charge in [0.15, 0.2) is 0 Å². The molecule has 0 spiro atoms. The zero-order chi connectivity index (χ0) is 15.0. The van der Waals surface area contributed by atoms with Crippen LogP contribution in [-0.4, -0.2) is 11.1 Å². The van der Waals surface area contributed by atoms with Gasteiger partial charge in [-0.25, -0.2) is 0 Å². The standard InChI is InChI=1S/C17H13ClO3/c1-10(17(19)20)13-9-14(11-5-2-3-7-15(11)18)12-6-4-8-21-16(12)13/h2-10H,1H3,(H,19,20). The highest BCUT2D eigenvalue weighted by molar-refractivity contribution is 6.33. The highest BCUT2D eigenvalue weighted by atomic mass is 35.5. The van der Waals surface area contributed by atoms with E-state index in [1.54, 1.807) is 19.3 Å². The number of hydrogen-bond donors (Lipinski definition) is 1. The summed E-state index contributed by atoms with van der Waals surface area (Å²) in [5.74, 6) is -0.927. The van der Waals surface area contributed by atoms with E-state index in [0.717, 1.165) is 16.7 Å². The van der Waals surface area contributed by atoms with Crippen molar-refractivity contribution in [1.29, 1.82) is 0 Å². The number of hydrogen-bond acceptors (Lipinski definition) is 2. The first-order valence-electron chi connectivity index (χ1n) is 6.57. The Kier molecular flexibility index (Phi) is 3.43. The molecule has 21 heavy (non-hydrogen) atoms. The lowest BCUT2D eigenvalue weighted by molar-refractivity contribution is -0.138. The van der Waals surface area contributed by atoms with Gasteiger partial charge >= 0.3 is 5.97 Å². The van der Waals surface area contributed by atoms with Crippen molar-refractivity contribution in [1.82, 2.24) is 0 Å². The smallest absolute Gasteiger partial charge is 0.310 e. The average molecular weight is 301 g/mol. The molecule has 0 saturated carbocycles. The van der Waals surface area contributed by atoms with Gasteiger partial charge in [-0.2, -0.15) is 0 Å². The quantitative estimate of drug-likeness (QED) is 0.749. The zero-order valence-electron chi connectivity index (χ0n) is 11.3. The number of carboxylic acids is 1. The summed E-state index contributed by atoms with van der Waals surface area (Å²) in [7, 11) is 0. The molecule has 3 nitrogen and oxygen atoms in total. The van der Waals surface area contributed by atoms with Crippen LogP contribution in [0.2, 0.25) is 5.02 Å². The van der Waals surface area contributed by atoms with Crippen molar-refractivity contribution in [2.45, 2.75) is 12.8 Å². The van der Waals surface area contributed by atoms with Crippen LogP contribution in [-0.2, 0) is 4.79 Å². The third kappa shape index (κ3) is 2.30. The molecule has 0 bridgehead atoms. The van der Waals surface area contributed by atoms with Gasteiger partial charge in [0.05, 0.1) is 12.2 Å². The molecule has 3 rings (SSSR count). The molecule has 1 heterocycles. The monoisotopic (exact) mass is 300 g/mol. The minimum absolute atomic E-state index is 0.599. The van der Waals surface area contributed by atoms with Crippen LogP contribution in [0.3, 0.4) is 0 Å². The Bertz CT molecular complexity index is 775. The second kappa shape index (κ2) is 5.26. The van der Waals surface area contributed by atoms with Gasteiger partial charge in [-0.15, -0.1) is 0 Å². The minimum atomic E-state index is -0.883. The number of carbonyl (C=O) groups is 1. The average Bonchev–Trinajstić information content (AvgIpc) is 2.86. The van der Waals surface area contributed by atoms with Crippen LogP contribution in [0.5, 0.6) is 0 Å². The number of fused-ring (bicyclic) bond motifs is 1. The van der Waals surface area contributed by atoms with Crippen LogP contribution in [0, 0.1) is 0 Å². The molecular weight excluding hydrogens is 288 g/mol. The molecule has 1 aliphatic carbocycles. The van der Waals surface area contributed by atoms with Crippen LogP contribution in [0.15, 0.2) is 53.1 Å². The first-order chi connectivity index (χ1) is 10.1. The Labute approximate surface area is 127 Å². The van der Waals surface area contributed by atoms with E-state index >= 15 is 0 Å². The molecule has 1 unspecified atom stereocenters. The molecule has 0 amide bonds. The largest absolute Gasteiger partial charge is 0.481 e. The predicted molar refractivity (Wildman–Crippen MR) is 81.8 cm³/mol. The molecule has 0 aromatic heterocycles. The highest BCUT2D eigenvalue weighted by Crippen LogP contribution is 2.43. The maximum absolute atomic E-state index is 11.3. The summed E-state index contributed by atoms with van der Waals surface area (Å²) in [6.45, 7) is 1.65. The van der Waals surface area contributed by atoms with Crippen molar-refractivity contribution >= 4 is 17.6 Å². The molecule has 4 heteroatoms. The normalized spacial score (nSPS) is 12.5. The van der Waals surface area contributed by atoms with Crippen LogP contribution in [0.25, 0.3) is 22.5 Å². The Hall–Kier alpha value is -2.26. The van der Waals surface area contributed by atoms with Gasteiger partial charge in [0.25, 0.3) is 0 Å². The molecule has 106 valence electrons. The topological polar surface area (TPSA) is 50.4 Å². The number of rotatable bonds is 3. The molecule has 1 N–H and O–H groups in total. The predicted octanol–water partition coefficient (Wildman–Crippen LogP) is 4.89. The van der Waals surface area contributed by atoms with Gasteiger partial charge in [0, 0.05) is 21.7 Å². The Morgan fingerprint density at radius 3 is 2.57 bits per heavy atom. The molecule has 1 aliphatic heterocycles. The maximum atomic E-state index is 11.3. The lowest BCUT2D eigenvalue weighted by Gasteiger charge is -2.07. The maximum Gasteiger partial charge on any atom is 0.310 e. The summed E-state index contributed by atoms with van der Waals surface area (Å²) in [5.41, 5.74) is 3.29. The number of carboxylic acid groups (broad SMARTS) is 1. The Morgan fingerprint density at radius 1 is 1.14 bits per heavy atom. The van der Waals surface area contributed by atoms with Crippen LogP contribution >= 0.6 is 11.6 Å². The van der Waals surface area contributed by atoms with Crippen LogP contribution < -0.4 is 0 Å². The summed E-state index contributed by atoms with van der Waals surface area (Å²) in [6.07, 6.45) is 1.55. The van der Waals surface area contributed by atoms with E-state index in [1.165, 1.54) is 0 Å². The molecule has 0 radical (unpaired) electrons. The van der Waals surface area contributed by atoms with Crippen molar-refractivity contribution < 1.29 is 14.3 Å². The van der Waals surface area contributed by atoms with Gasteiger partial charge in [0.2, 0.25) is 0 Å². The van der Waals surface area contributed by atoms with Crippen molar-refractivity contribution in [3.63, 3.8) is 0 Å². The lowest BCUT2D eigenvalue weighted by Crippen LogP contribution is -2.06. The zero-order valence-corrected chi connectivity index (χ0v) is 12.1. The summed E-state index contributed by atoms with van der Waals surface area (Å²) < 4.78 is 5.55. The second-order valence-electron chi connectivity index (χ2n) is 4.91. The van der Waals surface area contributed by atoms with Gasteiger partial charge in [0.1, 0.15) is 5.76 Å². The van der Waals surface area contributed by atoms with E-state index in [2.05, 4.69) is 0 Å². The van der Waals surface area contributed by atoms with E-state index in [0.29, 0.717) is 16.3 Å². The molecule has 1 aromatic carbocycles. The fourth-order valence-electron chi connectivity index (χ4n) is 2.47. The van der Waals surface area contributed by atoms with Gasteiger partial charge in [-0.3, -0.25) is 4.79 Å². The summed E-state index contributed by atoms with van der Waals surface area (Å²) >= 11 is 6.26. The SMILES string of the molecule is CC(C(=O)O)c1cc(-c2ccccc2Cl)c2cccoc1-2. The summed E-state index contributed by atoms with van der Waals surface area (Å²) in [6, 6.07) is 13.1. The van der Waals surface area contributed by atoms with Crippen molar-refractivity contribution in [3.05, 3.63) is 59.3 Å². The fourth-order valence-corrected chi connectivity index (χ4v) is 2.71. The number of halogens is 1. The van der Waals surface area contributed by atoms with Crippen LogP contribution in [0.4, 0.5) is 0 Å². The molecular formula is C17H13ClO3. The second-order valence-corrected chi connectivity index (χ2v) is 5.32. The highest BCUT2D eigenvalue weighted by Gasteiger charge is 2.26. The van der Waals surface area contributed by atoms with Gasteiger partial charge in [-0.05, 0) is 36.8 Å². The first kappa shape index (κ1) is 13.7. The Balaban J connectivity index is 2.25. The third-order valence-electron chi connectivity index (χ3n) is 3.63. The van der Waals surface area contributed by atoms with Gasteiger partial charge in [-0.1, -0.05) is 29.8 Å². The molecule has 0 saturated heterocycles. The van der Waals surface area contributed by atoms with Crippen molar-refractivity contribution in [2.24, 2.45) is 0 Å². The lowest BCUT2D eigenvalue weighted by atomic mass is 10.0. The van der Waals surface area contributed by atoms with Gasteiger partial charge < -0.3 is 9.52 Å². The summed E-state index contributed by atoms with van der Waals surface area (Å²) in [5, 5.41) is 9.89. The van der Waals surface area contributed by atoms with E-state index in [4.69, 9.17) is 16.0 Å². The summed E-state index contributed by atoms with van der Waals surface area (Å²) in [4.78, 5) is 11.3. The van der Waals surface area contributed by atoms with E-state index in [-0.39, 0.29) is 0 Å². The van der Waals surface area contributed by atoms with Crippen molar-refractivity contribution in [3.8, 4) is 22.5 Å². The first-order valence-corrected chi connectivity index (χ1v) is 6.95. The van der Waals surface area contributed by atoms with Crippen LogP contribution in [0.1, 0.15) is 18.4 Å². The van der Waals surface area contributed by atoms with E-state index in [9.17, 15) is 9.90 Å². The van der Waals surface area contributed by atoms with Crippen molar-refractivity contribution in [2.75, 3.05) is 0 Å². The van der Waals surface area contributed by atoms with E-state index in [1.807, 2.05) is 36.4 Å².